The van der Waals surface area contributed by atoms with E-state index in [0.717, 1.165) is 29.7 Å². The van der Waals surface area contributed by atoms with Gasteiger partial charge in [-0.15, -0.1) is 0 Å². The van der Waals surface area contributed by atoms with Crippen molar-refractivity contribution in [2.24, 2.45) is 11.1 Å². The maximum absolute atomic E-state index is 12.5. The van der Waals surface area contributed by atoms with Crippen LogP contribution >= 0.6 is 0 Å². The van der Waals surface area contributed by atoms with Gasteiger partial charge in [-0.1, -0.05) is 0 Å². The van der Waals surface area contributed by atoms with E-state index in [-0.39, 0.29) is 5.91 Å². The van der Waals surface area contributed by atoms with Gasteiger partial charge in [0.15, 0.2) is 0 Å². The number of hydrogen-bond donors (Lipinski definition) is 4. The van der Waals surface area contributed by atoms with Crippen LogP contribution in [0.25, 0.3) is 11.1 Å². The second-order valence-corrected chi connectivity index (χ2v) is 7.20. The van der Waals surface area contributed by atoms with Gasteiger partial charge in [0.1, 0.15) is 5.41 Å². The van der Waals surface area contributed by atoms with Crippen LogP contribution in [0.5, 0.6) is 0 Å². The molecule has 2 saturated carbocycles. The number of aliphatic carboxylic acids is 1. The summed E-state index contributed by atoms with van der Waals surface area (Å²) in [5.41, 5.74) is 6.66. The first-order valence-electron chi connectivity index (χ1n) is 8.88. The minimum Gasteiger partial charge on any atom is -0.475 e. The minimum atomic E-state index is -5.08. The summed E-state index contributed by atoms with van der Waals surface area (Å²) < 4.78 is 31.7. The molecule has 0 unspecified atom stereocenters. The molecular formula is C18H18F3N5O4. The largest absolute Gasteiger partial charge is 0.490 e. The molecule has 2 aromatic rings. The summed E-state index contributed by atoms with van der Waals surface area (Å²) in [6.07, 6.45) is 2.89. The molecule has 0 bridgehead atoms. The van der Waals surface area contributed by atoms with Crippen molar-refractivity contribution in [3.05, 3.63) is 36.4 Å². The van der Waals surface area contributed by atoms with Crippen molar-refractivity contribution in [2.45, 2.75) is 37.4 Å². The highest BCUT2D eigenvalue weighted by molar-refractivity contribution is 6.07. The highest BCUT2D eigenvalue weighted by atomic mass is 19.4. The van der Waals surface area contributed by atoms with E-state index in [1.807, 2.05) is 18.3 Å². The summed E-state index contributed by atoms with van der Waals surface area (Å²) >= 11 is 0. The first-order chi connectivity index (χ1) is 14.0. The van der Waals surface area contributed by atoms with Gasteiger partial charge in [-0.2, -0.15) is 18.3 Å². The number of amides is 2. The summed E-state index contributed by atoms with van der Waals surface area (Å²) in [5, 5.41) is 16.9. The van der Waals surface area contributed by atoms with E-state index < -0.39 is 29.0 Å². The second kappa shape index (κ2) is 7.43. The Kier molecular flexibility index (Phi) is 5.27. The average Bonchev–Trinajstić information content (AvgIpc) is 3.59. The highest BCUT2D eigenvalue weighted by Crippen LogP contribution is 2.50. The lowest BCUT2D eigenvalue weighted by Gasteiger charge is -2.20. The lowest BCUT2D eigenvalue weighted by Crippen LogP contribution is -2.45. The molecule has 2 aliphatic carbocycles. The molecule has 160 valence electrons. The van der Waals surface area contributed by atoms with Crippen LogP contribution in [-0.4, -0.2) is 44.2 Å². The lowest BCUT2D eigenvalue weighted by molar-refractivity contribution is -0.192. The van der Waals surface area contributed by atoms with Crippen molar-refractivity contribution < 1.29 is 32.7 Å². The number of pyridine rings is 1. The number of H-pyrrole nitrogens is 1. The SMILES string of the molecule is NC(=O)C1(C(=O)NC2(c3cc(-c4cn[nH]c4)ccn3)CC2)CC1.O=C(O)C(F)(F)F. The summed E-state index contributed by atoms with van der Waals surface area (Å²) in [7, 11) is 0. The van der Waals surface area contributed by atoms with Crippen molar-refractivity contribution in [1.82, 2.24) is 20.5 Å². The van der Waals surface area contributed by atoms with Crippen LogP contribution in [0.1, 0.15) is 31.4 Å². The van der Waals surface area contributed by atoms with Crippen LogP contribution in [0, 0.1) is 5.41 Å². The molecule has 4 rings (SSSR count). The van der Waals surface area contributed by atoms with E-state index in [1.165, 1.54) is 0 Å². The Morgan fingerprint density at radius 1 is 1.17 bits per heavy atom. The number of halogens is 3. The fraction of sp³-hybridized carbons (Fsp3) is 0.389. The van der Waals surface area contributed by atoms with Crippen molar-refractivity contribution in [2.75, 3.05) is 0 Å². The molecule has 0 aliphatic heterocycles. The highest BCUT2D eigenvalue weighted by Gasteiger charge is 2.59. The van der Waals surface area contributed by atoms with E-state index in [4.69, 9.17) is 15.6 Å². The van der Waals surface area contributed by atoms with Crippen LogP contribution in [0.4, 0.5) is 13.2 Å². The third-order valence-electron chi connectivity index (χ3n) is 5.08. The molecule has 9 nitrogen and oxygen atoms in total. The molecular weight excluding hydrogens is 407 g/mol. The fourth-order valence-electron chi connectivity index (χ4n) is 2.90. The molecule has 2 aliphatic rings. The zero-order chi connectivity index (χ0) is 22.2. The Bertz CT molecular complexity index is 966. The van der Waals surface area contributed by atoms with Crippen molar-refractivity contribution >= 4 is 17.8 Å². The summed E-state index contributed by atoms with van der Waals surface area (Å²) in [6, 6.07) is 3.86. The minimum absolute atomic E-state index is 0.266. The van der Waals surface area contributed by atoms with Gasteiger partial charge in [0.05, 0.1) is 17.4 Å². The lowest BCUT2D eigenvalue weighted by atomic mass is 10.0. The van der Waals surface area contributed by atoms with E-state index in [1.54, 1.807) is 12.4 Å². The van der Waals surface area contributed by atoms with Gasteiger partial charge in [0.25, 0.3) is 0 Å². The summed E-state index contributed by atoms with van der Waals surface area (Å²) in [6.45, 7) is 0. The number of nitrogens with two attached hydrogens (primary N) is 1. The number of carboxylic acid groups (broad SMARTS) is 1. The predicted molar refractivity (Wildman–Crippen MR) is 95.4 cm³/mol. The number of hydrogen-bond acceptors (Lipinski definition) is 5. The number of nitrogens with one attached hydrogen (secondary N) is 2. The Hall–Kier alpha value is -3.44. The van der Waals surface area contributed by atoms with Crippen LogP contribution in [0.15, 0.2) is 30.7 Å². The third kappa shape index (κ3) is 4.26. The van der Waals surface area contributed by atoms with E-state index in [2.05, 4.69) is 20.5 Å². The zero-order valence-corrected chi connectivity index (χ0v) is 15.5. The van der Waals surface area contributed by atoms with Gasteiger partial charge in [0, 0.05) is 18.0 Å². The molecule has 2 heterocycles. The monoisotopic (exact) mass is 425 g/mol. The zero-order valence-electron chi connectivity index (χ0n) is 15.5. The van der Waals surface area contributed by atoms with Crippen molar-refractivity contribution in [3.8, 4) is 11.1 Å². The van der Waals surface area contributed by atoms with Crippen molar-refractivity contribution in [1.29, 1.82) is 0 Å². The molecule has 0 saturated heterocycles. The van der Waals surface area contributed by atoms with Gasteiger partial charge in [0.2, 0.25) is 11.8 Å². The quantitative estimate of drug-likeness (QED) is 0.533. The Morgan fingerprint density at radius 3 is 2.23 bits per heavy atom. The normalized spacial score (nSPS) is 17.8. The van der Waals surface area contributed by atoms with Gasteiger partial charge in [-0.3, -0.25) is 19.7 Å². The van der Waals surface area contributed by atoms with E-state index >= 15 is 0 Å². The second-order valence-electron chi connectivity index (χ2n) is 7.20. The van der Waals surface area contributed by atoms with Crippen LogP contribution < -0.4 is 11.1 Å². The molecule has 0 atom stereocenters. The van der Waals surface area contributed by atoms with Crippen LogP contribution in [0.3, 0.4) is 0 Å². The van der Waals surface area contributed by atoms with E-state index in [0.29, 0.717) is 12.8 Å². The first kappa shape index (κ1) is 21.3. The summed E-state index contributed by atoms with van der Waals surface area (Å²) in [5.74, 6) is -3.56. The number of rotatable bonds is 5. The molecule has 12 heteroatoms. The third-order valence-corrected chi connectivity index (χ3v) is 5.08. The predicted octanol–water partition coefficient (Wildman–Crippen LogP) is 1.48. The van der Waals surface area contributed by atoms with Gasteiger partial charge < -0.3 is 16.2 Å². The van der Waals surface area contributed by atoms with Crippen LogP contribution in [-0.2, 0) is 19.9 Å². The molecule has 0 radical (unpaired) electrons. The standard InChI is InChI=1S/C16H17N5O2.C2HF3O2/c17-13(22)15(2-3-15)14(23)21-16(4-5-16)12-7-10(1-6-18-12)11-8-19-20-9-11;3-2(4,5)1(6)7/h1,6-9H,2-5H2,(H2,17,22)(H,19,20)(H,21,23);(H,6,7). The molecule has 0 spiro atoms. The average molecular weight is 425 g/mol. The number of alkyl halides is 3. The number of nitrogens with zero attached hydrogens (tertiary/aromatic N) is 2. The van der Waals surface area contributed by atoms with Gasteiger partial charge in [-0.25, -0.2) is 4.79 Å². The smallest absolute Gasteiger partial charge is 0.475 e. The Labute approximate surface area is 167 Å². The molecule has 0 aromatic carbocycles. The molecule has 5 N–H and O–H groups in total. The number of primary amides is 1. The number of aromatic amines is 1. The molecule has 2 amide bonds. The van der Waals surface area contributed by atoms with Crippen molar-refractivity contribution in [3.63, 3.8) is 0 Å². The summed E-state index contributed by atoms with van der Waals surface area (Å²) in [4.78, 5) is 37.3. The van der Waals surface area contributed by atoms with Crippen LogP contribution in [0.2, 0.25) is 0 Å². The molecule has 30 heavy (non-hydrogen) atoms. The first-order valence-corrected chi connectivity index (χ1v) is 8.88. The molecule has 2 fully saturated rings. The maximum atomic E-state index is 12.5. The van der Waals surface area contributed by atoms with Gasteiger partial charge in [-0.05, 0) is 43.4 Å². The van der Waals surface area contributed by atoms with Gasteiger partial charge >= 0.3 is 12.1 Å². The number of carboxylic acids is 1. The number of carbonyl (C=O) groups is 3. The Morgan fingerprint density at radius 2 is 1.80 bits per heavy atom. The maximum Gasteiger partial charge on any atom is 0.490 e. The number of carbonyl (C=O) groups excluding carboxylic acids is 2. The fourth-order valence-corrected chi connectivity index (χ4v) is 2.90. The molecule has 2 aromatic heterocycles. The van der Waals surface area contributed by atoms with E-state index in [9.17, 15) is 22.8 Å². The topological polar surface area (TPSA) is 151 Å². The Balaban J connectivity index is 0.000000318. The number of aromatic nitrogens is 3.